The molecule has 0 saturated carbocycles. The summed E-state index contributed by atoms with van der Waals surface area (Å²) >= 11 is 0. The monoisotopic (exact) mass is 360 g/mol. The highest BCUT2D eigenvalue weighted by Gasteiger charge is 2.51. The summed E-state index contributed by atoms with van der Waals surface area (Å²) in [7, 11) is -0.401. The highest BCUT2D eigenvalue weighted by molar-refractivity contribution is 6.62. The van der Waals surface area contributed by atoms with Crippen molar-refractivity contribution in [2.24, 2.45) is 0 Å². The lowest BCUT2D eigenvalue weighted by Gasteiger charge is -2.32. The second-order valence-electron chi connectivity index (χ2n) is 8.07. The molecule has 0 N–H and O–H groups in total. The minimum absolute atomic E-state index is 0.369. The first-order valence-electron chi connectivity index (χ1n) is 9.15. The van der Waals surface area contributed by atoms with E-state index in [1.165, 1.54) is 0 Å². The number of para-hydroxylation sites is 2. The van der Waals surface area contributed by atoms with Crippen LogP contribution in [0.4, 0.5) is 0 Å². The minimum Gasteiger partial charge on any atom is -0.462 e. The van der Waals surface area contributed by atoms with Crippen LogP contribution in [0, 0.1) is 0 Å². The lowest BCUT2D eigenvalue weighted by molar-refractivity contribution is 0.00578. The van der Waals surface area contributed by atoms with Gasteiger partial charge in [-0.2, -0.15) is 0 Å². The molecule has 2 aromatic carbocycles. The molecule has 6 heteroatoms. The molecule has 4 aromatic rings. The van der Waals surface area contributed by atoms with Crippen LogP contribution in [-0.2, 0) is 9.31 Å². The van der Waals surface area contributed by atoms with E-state index < -0.39 is 7.12 Å². The molecule has 5 nitrogen and oxygen atoms in total. The number of hydrogen-bond acceptors (Lipinski definition) is 4. The Morgan fingerprint density at radius 2 is 1.70 bits per heavy atom. The van der Waals surface area contributed by atoms with Crippen LogP contribution in [-0.4, -0.2) is 27.9 Å². The second-order valence-corrected chi connectivity index (χ2v) is 8.07. The zero-order valence-electron chi connectivity index (χ0n) is 15.9. The van der Waals surface area contributed by atoms with Gasteiger partial charge >= 0.3 is 7.12 Å². The lowest BCUT2D eigenvalue weighted by atomic mass is 9.78. The van der Waals surface area contributed by atoms with Crippen molar-refractivity contribution >= 4 is 34.6 Å². The summed E-state index contributed by atoms with van der Waals surface area (Å²) in [4.78, 5) is 4.49. The molecular weight excluding hydrogens is 339 g/mol. The molecule has 0 aliphatic carbocycles. The normalized spacial score (nSPS) is 18.6. The molecular formula is C21H21BN2O3. The Morgan fingerprint density at radius 1 is 0.963 bits per heavy atom. The van der Waals surface area contributed by atoms with Crippen molar-refractivity contribution in [1.82, 2.24) is 9.55 Å². The van der Waals surface area contributed by atoms with Gasteiger partial charge in [0, 0.05) is 5.39 Å². The summed E-state index contributed by atoms with van der Waals surface area (Å²) in [6, 6.07) is 14.1. The average Bonchev–Trinajstić information content (AvgIpc) is 3.28. The van der Waals surface area contributed by atoms with Crippen LogP contribution >= 0.6 is 0 Å². The van der Waals surface area contributed by atoms with Gasteiger partial charge in [0.05, 0.1) is 27.9 Å². The van der Waals surface area contributed by atoms with Gasteiger partial charge in [-0.15, -0.1) is 0 Å². The van der Waals surface area contributed by atoms with E-state index in [1.54, 1.807) is 6.26 Å². The van der Waals surface area contributed by atoms with E-state index >= 15 is 0 Å². The highest BCUT2D eigenvalue weighted by Crippen LogP contribution is 2.37. The average molecular weight is 360 g/mol. The number of benzene rings is 2. The fourth-order valence-electron chi connectivity index (χ4n) is 3.50. The SMILES string of the molecule is CC1(C)OB(c2ccc3occ(-n4cnc5ccccc54)c3c2)OC1(C)C. The Bertz CT molecular complexity index is 1140. The summed E-state index contributed by atoms with van der Waals surface area (Å²) < 4.78 is 20.3. The van der Waals surface area contributed by atoms with Crippen molar-refractivity contribution in [2.75, 3.05) is 0 Å². The van der Waals surface area contributed by atoms with E-state index in [-0.39, 0.29) is 11.2 Å². The molecule has 1 aliphatic rings. The summed E-state index contributed by atoms with van der Waals surface area (Å²) in [5.74, 6) is 0. The van der Waals surface area contributed by atoms with Gasteiger partial charge in [0.1, 0.15) is 18.2 Å². The highest BCUT2D eigenvalue weighted by atomic mass is 16.7. The Balaban J connectivity index is 1.62. The molecule has 0 unspecified atom stereocenters. The van der Waals surface area contributed by atoms with Gasteiger partial charge in [-0.1, -0.05) is 18.2 Å². The van der Waals surface area contributed by atoms with Gasteiger partial charge in [-0.25, -0.2) is 4.98 Å². The summed E-state index contributed by atoms with van der Waals surface area (Å²) in [6.45, 7) is 8.25. The van der Waals surface area contributed by atoms with Crippen molar-refractivity contribution in [2.45, 2.75) is 38.9 Å². The van der Waals surface area contributed by atoms with E-state index in [4.69, 9.17) is 13.7 Å². The molecule has 0 amide bonds. The number of rotatable bonds is 2. The van der Waals surface area contributed by atoms with Gasteiger partial charge in [-0.3, -0.25) is 4.57 Å². The van der Waals surface area contributed by atoms with Crippen LogP contribution in [0.3, 0.4) is 0 Å². The first-order chi connectivity index (χ1) is 12.9. The fraction of sp³-hybridized carbons (Fsp3) is 0.286. The predicted molar refractivity (Wildman–Crippen MR) is 107 cm³/mol. The molecule has 1 fully saturated rings. The standard InChI is InChI=1S/C21H21BN2O3/c1-20(2)21(3,4)27-22(26-20)14-9-10-19-15(11-14)18(12-25-19)24-13-23-16-7-5-6-8-17(16)24/h5-13H,1-4H3. The molecule has 0 bridgehead atoms. The number of imidazole rings is 1. The van der Waals surface area contributed by atoms with Gasteiger partial charge in [0.2, 0.25) is 0 Å². The van der Waals surface area contributed by atoms with E-state index in [9.17, 15) is 0 Å². The maximum atomic E-state index is 6.20. The van der Waals surface area contributed by atoms with Crippen LogP contribution in [0.15, 0.2) is 59.5 Å². The van der Waals surface area contributed by atoms with Crippen molar-refractivity contribution in [3.63, 3.8) is 0 Å². The predicted octanol–water partition coefficient (Wildman–Crippen LogP) is 4.07. The van der Waals surface area contributed by atoms with Crippen LogP contribution in [0.1, 0.15) is 27.7 Å². The zero-order chi connectivity index (χ0) is 18.8. The fourth-order valence-corrected chi connectivity index (χ4v) is 3.50. The summed E-state index contributed by atoms with van der Waals surface area (Å²) in [6.07, 6.45) is 3.60. The Hall–Kier alpha value is -2.57. The van der Waals surface area contributed by atoms with Crippen molar-refractivity contribution in [3.05, 3.63) is 55.1 Å². The second kappa shape index (κ2) is 5.47. The smallest absolute Gasteiger partial charge is 0.462 e. The zero-order valence-corrected chi connectivity index (χ0v) is 15.9. The van der Waals surface area contributed by atoms with E-state index in [0.717, 1.165) is 33.2 Å². The molecule has 27 heavy (non-hydrogen) atoms. The third-order valence-electron chi connectivity index (χ3n) is 5.82. The van der Waals surface area contributed by atoms with E-state index in [2.05, 4.69) is 49.4 Å². The molecule has 0 atom stereocenters. The largest absolute Gasteiger partial charge is 0.494 e. The number of nitrogens with zero attached hydrogens (tertiary/aromatic N) is 2. The Kier molecular flexibility index (Phi) is 3.36. The lowest BCUT2D eigenvalue weighted by Crippen LogP contribution is -2.41. The molecule has 136 valence electrons. The summed E-state index contributed by atoms with van der Waals surface area (Å²) in [5.41, 5.74) is 4.02. The molecule has 2 aromatic heterocycles. The third kappa shape index (κ3) is 2.44. The topological polar surface area (TPSA) is 49.4 Å². The summed E-state index contributed by atoms with van der Waals surface area (Å²) in [5, 5.41) is 1.00. The maximum Gasteiger partial charge on any atom is 0.494 e. The van der Waals surface area contributed by atoms with Crippen molar-refractivity contribution in [1.29, 1.82) is 0 Å². The Morgan fingerprint density at radius 3 is 2.48 bits per heavy atom. The molecule has 1 saturated heterocycles. The van der Waals surface area contributed by atoms with Crippen LogP contribution in [0.2, 0.25) is 0 Å². The number of aromatic nitrogens is 2. The molecule has 3 heterocycles. The third-order valence-corrected chi connectivity index (χ3v) is 5.82. The number of hydrogen-bond donors (Lipinski definition) is 0. The first-order valence-corrected chi connectivity index (χ1v) is 9.15. The van der Waals surface area contributed by atoms with E-state index in [0.29, 0.717) is 0 Å². The van der Waals surface area contributed by atoms with Crippen molar-refractivity contribution in [3.8, 4) is 5.69 Å². The van der Waals surface area contributed by atoms with Crippen LogP contribution in [0.25, 0.3) is 27.7 Å². The molecule has 5 rings (SSSR count). The molecule has 0 spiro atoms. The number of fused-ring (bicyclic) bond motifs is 2. The van der Waals surface area contributed by atoms with Crippen molar-refractivity contribution < 1.29 is 13.7 Å². The van der Waals surface area contributed by atoms with E-state index in [1.807, 2.05) is 36.7 Å². The van der Waals surface area contributed by atoms with Gasteiger partial charge in [0.25, 0.3) is 0 Å². The molecule has 1 aliphatic heterocycles. The van der Waals surface area contributed by atoms with Gasteiger partial charge < -0.3 is 13.7 Å². The quantitative estimate of drug-likeness (QED) is 0.506. The minimum atomic E-state index is -0.401. The number of furan rings is 1. The van der Waals surface area contributed by atoms with Crippen LogP contribution < -0.4 is 5.46 Å². The first kappa shape index (κ1) is 16.6. The Labute approximate surface area is 158 Å². The van der Waals surface area contributed by atoms with Crippen LogP contribution in [0.5, 0.6) is 0 Å². The maximum absolute atomic E-state index is 6.20. The van der Waals surface area contributed by atoms with Gasteiger partial charge in [0.15, 0.2) is 0 Å². The molecule has 0 radical (unpaired) electrons. The van der Waals surface area contributed by atoms with Gasteiger partial charge in [-0.05, 0) is 57.4 Å².